The number of aliphatic hydroxyl groups is 1. The summed E-state index contributed by atoms with van der Waals surface area (Å²) in [6.07, 6.45) is 0.0911. The summed E-state index contributed by atoms with van der Waals surface area (Å²) in [5.74, 6) is -1.85. The molecule has 1 aliphatic rings. The Kier molecular flexibility index (Phi) is 8.60. The molecular weight excluding hydrogens is 508 g/mol. The lowest BCUT2D eigenvalue weighted by Crippen LogP contribution is -2.53. The number of nitrogens with zero attached hydrogens (tertiary/aromatic N) is 3. The van der Waals surface area contributed by atoms with Crippen molar-refractivity contribution in [3.63, 3.8) is 0 Å². The molecule has 2 aromatic carbocycles. The van der Waals surface area contributed by atoms with Gasteiger partial charge < -0.3 is 20.6 Å². The van der Waals surface area contributed by atoms with Gasteiger partial charge >= 0.3 is 0 Å². The molecule has 0 aliphatic carbocycles. The van der Waals surface area contributed by atoms with Crippen molar-refractivity contribution in [2.75, 3.05) is 26.2 Å². The van der Waals surface area contributed by atoms with Gasteiger partial charge in [-0.25, -0.2) is 8.42 Å². The predicted molar refractivity (Wildman–Crippen MR) is 136 cm³/mol. The van der Waals surface area contributed by atoms with Crippen LogP contribution in [0.2, 0.25) is 5.02 Å². The number of benzene rings is 2. The van der Waals surface area contributed by atoms with E-state index in [1.165, 1.54) is 21.9 Å². The van der Waals surface area contributed by atoms with Crippen LogP contribution >= 0.6 is 11.6 Å². The molecule has 0 radical (unpaired) electrons. The topological polar surface area (TPSA) is 141 Å². The zero-order valence-corrected chi connectivity index (χ0v) is 22.0. The molecular formula is C24H31ClN4O6S. The molecule has 3 rings (SSSR count). The minimum Gasteiger partial charge on any atom is -0.395 e. The Morgan fingerprint density at radius 2 is 1.81 bits per heavy atom. The standard InChI is InChI=1S/C24H31ClN4O6S/c1-15(2)27(10-11-30)23(32)16(3)28-9-8-21(24(28)33)29(14-22(26)31)36(34,35)20-7-5-17-12-19(25)6-4-18(17)13-20/h4-7,12-13,15-16,21,30H,8-11,14H2,1-3H3,(H2,26,31)/t16-,21-/m0/s1. The number of hydrogen-bond acceptors (Lipinski definition) is 6. The van der Waals surface area contributed by atoms with E-state index >= 15 is 0 Å². The second-order valence-electron chi connectivity index (χ2n) is 9.03. The molecule has 36 heavy (non-hydrogen) atoms. The number of carbonyl (C=O) groups is 3. The highest BCUT2D eigenvalue weighted by Crippen LogP contribution is 2.29. The van der Waals surface area contributed by atoms with Crippen molar-refractivity contribution in [3.8, 4) is 0 Å². The molecule has 1 saturated heterocycles. The third-order valence-corrected chi connectivity index (χ3v) is 8.41. The Morgan fingerprint density at radius 1 is 1.17 bits per heavy atom. The molecule has 0 aromatic heterocycles. The average Bonchev–Trinajstić information content (AvgIpc) is 3.19. The summed E-state index contributed by atoms with van der Waals surface area (Å²) < 4.78 is 28.1. The van der Waals surface area contributed by atoms with E-state index < -0.39 is 40.5 Å². The number of sulfonamides is 1. The smallest absolute Gasteiger partial charge is 0.245 e. The predicted octanol–water partition coefficient (Wildman–Crippen LogP) is 1.19. The zero-order valence-electron chi connectivity index (χ0n) is 20.4. The van der Waals surface area contributed by atoms with Gasteiger partial charge in [-0.1, -0.05) is 23.7 Å². The van der Waals surface area contributed by atoms with Crippen molar-refractivity contribution < 1.29 is 27.9 Å². The highest BCUT2D eigenvalue weighted by atomic mass is 35.5. The van der Waals surface area contributed by atoms with Crippen LogP contribution in [0, 0.1) is 0 Å². The summed E-state index contributed by atoms with van der Waals surface area (Å²) in [5.41, 5.74) is 5.37. The Hall–Kier alpha value is -2.73. The molecule has 3 amide bonds. The van der Waals surface area contributed by atoms with E-state index in [4.69, 9.17) is 17.3 Å². The Labute approximate surface area is 215 Å². The molecule has 0 bridgehead atoms. The van der Waals surface area contributed by atoms with Gasteiger partial charge in [-0.3, -0.25) is 14.4 Å². The second kappa shape index (κ2) is 11.1. The monoisotopic (exact) mass is 538 g/mol. The van der Waals surface area contributed by atoms with Crippen molar-refractivity contribution in [3.05, 3.63) is 41.4 Å². The van der Waals surface area contributed by atoms with Gasteiger partial charge in [0.1, 0.15) is 12.1 Å². The van der Waals surface area contributed by atoms with Gasteiger partial charge in [0.2, 0.25) is 27.7 Å². The average molecular weight is 539 g/mol. The Morgan fingerprint density at radius 3 is 2.42 bits per heavy atom. The Bertz CT molecular complexity index is 1270. The van der Waals surface area contributed by atoms with Crippen molar-refractivity contribution >= 4 is 50.1 Å². The fourth-order valence-electron chi connectivity index (χ4n) is 4.45. The first-order valence-corrected chi connectivity index (χ1v) is 13.4. The van der Waals surface area contributed by atoms with Crippen LogP contribution in [-0.2, 0) is 24.4 Å². The minimum absolute atomic E-state index is 0.0911. The van der Waals surface area contributed by atoms with Gasteiger partial charge in [0.05, 0.1) is 18.0 Å². The first-order chi connectivity index (χ1) is 16.9. The molecule has 0 unspecified atom stereocenters. The van der Waals surface area contributed by atoms with Crippen molar-refractivity contribution in [1.82, 2.24) is 14.1 Å². The summed E-state index contributed by atoms with van der Waals surface area (Å²) in [7, 11) is -4.30. The maximum Gasteiger partial charge on any atom is 0.245 e. The molecule has 1 heterocycles. The van der Waals surface area contributed by atoms with Crippen molar-refractivity contribution in [1.29, 1.82) is 0 Å². The lowest BCUT2D eigenvalue weighted by atomic mass is 10.1. The van der Waals surface area contributed by atoms with Gasteiger partial charge in [0.15, 0.2) is 0 Å². The van der Waals surface area contributed by atoms with Crippen LogP contribution < -0.4 is 5.73 Å². The van der Waals surface area contributed by atoms with Crippen LogP contribution in [0.1, 0.15) is 27.2 Å². The number of fused-ring (bicyclic) bond motifs is 1. The highest BCUT2D eigenvalue weighted by Gasteiger charge is 2.45. The van der Waals surface area contributed by atoms with Gasteiger partial charge in [0, 0.05) is 24.2 Å². The number of aliphatic hydroxyl groups excluding tert-OH is 1. The van der Waals surface area contributed by atoms with Crippen LogP contribution in [0.4, 0.5) is 0 Å². The van der Waals surface area contributed by atoms with Crippen LogP contribution in [0.25, 0.3) is 10.8 Å². The maximum atomic E-state index is 13.6. The van der Waals surface area contributed by atoms with Crippen LogP contribution in [0.5, 0.6) is 0 Å². The summed E-state index contributed by atoms with van der Waals surface area (Å²) in [6.45, 7) is 4.49. The quantitative estimate of drug-likeness (QED) is 0.465. The largest absolute Gasteiger partial charge is 0.395 e. The second-order valence-corrected chi connectivity index (χ2v) is 11.4. The Balaban J connectivity index is 1.92. The van der Waals surface area contributed by atoms with E-state index in [2.05, 4.69) is 0 Å². The molecule has 196 valence electrons. The number of amides is 3. The molecule has 2 atom stereocenters. The zero-order chi connectivity index (χ0) is 26.8. The van der Waals surface area contributed by atoms with Crippen LogP contribution in [0.15, 0.2) is 41.3 Å². The molecule has 12 heteroatoms. The summed E-state index contributed by atoms with van der Waals surface area (Å²) in [6, 6.07) is 7.19. The normalized spacial score (nSPS) is 17.2. The van der Waals surface area contributed by atoms with Crippen molar-refractivity contribution in [2.45, 2.75) is 50.2 Å². The fraction of sp³-hybridized carbons (Fsp3) is 0.458. The van der Waals surface area contributed by atoms with Gasteiger partial charge in [-0.05, 0) is 62.2 Å². The summed E-state index contributed by atoms with van der Waals surface area (Å²) in [4.78, 5) is 41.0. The van der Waals surface area contributed by atoms with E-state index in [0.717, 1.165) is 9.69 Å². The van der Waals surface area contributed by atoms with E-state index in [1.807, 2.05) is 0 Å². The summed E-state index contributed by atoms with van der Waals surface area (Å²) in [5, 5.41) is 11.2. The maximum absolute atomic E-state index is 13.6. The third kappa shape index (κ3) is 5.64. The summed E-state index contributed by atoms with van der Waals surface area (Å²) >= 11 is 6.01. The van der Waals surface area contributed by atoms with Gasteiger partial charge in [0.25, 0.3) is 0 Å². The fourth-order valence-corrected chi connectivity index (χ4v) is 6.24. The molecule has 1 aliphatic heterocycles. The molecule has 1 fully saturated rings. The molecule has 2 aromatic rings. The van der Waals surface area contributed by atoms with E-state index in [-0.39, 0.29) is 43.0 Å². The number of primary amides is 1. The lowest BCUT2D eigenvalue weighted by Gasteiger charge is -2.33. The first-order valence-electron chi connectivity index (χ1n) is 11.6. The first kappa shape index (κ1) is 27.9. The number of nitrogens with two attached hydrogens (primary N) is 1. The van der Waals surface area contributed by atoms with Crippen LogP contribution in [0.3, 0.4) is 0 Å². The van der Waals surface area contributed by atoms with Crippen LogP contribution in [-0.4, -0.2) is 89.7 Å². The highest BCUT2D eigenvalue weighted by molar-refractivity contribution is 7.89. The number of likely N-dealkylation sites (tertiary alicyclic amines) is 1. The van der Waals surface area contributed by atoms with E-state index in [9.17, 15) is 27.9 Å². The lowest BCUT2D eigenvalue weighted by molar-refractivity contribution is -0.145. The van der Waals surface area contributed by atoms with Crippen molar-refractivity contribution in [2.24, 2.45) is 5.73 Å². The molecule has 0 spiro atoms. The molecule has 0 saturated carbocycles. The number of halogens is 1. The number of rotatable bonds is 10. The molecule has 10 nitrogen and oxygen atoms in total. The molecule has 3 N–H and O–H groups in total. The minimum atomic E-state index is -4.30. The van der Waals surface area contributed by atoms with E-state index in [1.54, 1.807) is 45.0 Å². The number of hydrogen-bond donors (Lipinski definition) is 2. The van der Waals surface area contributed by atoms with E-state index in [0.29, 0.717) is 10.4 Å². The third-order valence-electron chi connectivity index (χ3n) is 6.32. The SMILES string of the molecule is CC(C)N(CCO)C(=O)[C@H](C)N1CC[C@H](N(CC(N)=O)S(=O)(=O)c2ccc3cc(Cl)ccc3c2)C1=O. The van der Waals surface area contributed by atoms with Gasteiger partial charge in [-0.2, -0.15) is 4.31 Å². The van der Waals surface area contributed by atoms with Gasteiger partial charge in [-0.15, -0.1) is 0 Å². The number of carbonyl (C=O) groups excluding carboxylic acids is 3.